The molecule has 1 atom stereocenters. The van der Waals surface area contributed by atoms with Crippen LogP contribution in [0.15, 0.2) is 18.3 Å². The van der Waals surface area contributed by atoms with E-state index in [2.05, 4.69) is 15.6 Å². The second-order valence-electron chi connectivity index (χ2n) is 4.71. The summed E-state index contributed by atoms with van der Waals surface area (Å²) in [7, 11) is 0. The molecule has 7 heteroatoms. The Labute approximate surface area is 119 Å². The first-order chi connectivity index (χ1) is 9.65. The van der Waals surface area contributed by atoms with Crippen molar-refractivity contribution in [2.45, 2.75) is 18.9 Å². The Morgan fingerprint density at radius 2 is 2.40 bits per heavy atom. The van der Waals surface area contributed by atoms with Gasteiger partial charge in [-0.2, -0.15) is 0 Å². The molecule has 1 unspecified atom stereocenters. The zero-order valence-corrected chi connectivity index (χ0v) is 11.5. The number of nitrogen functional groups attached to an aromatic ring is 1. The Morgan fingerprint density at radius 3 is 3.10 bits per heavy atom. The third-order valence-electron chi connectivity index (χ3n) is 3.29. The molecule has 20 heavy (non-hydrogen) atoms. The predicted octanol–water partition coefficient (Wildman–Crippen LogP) is 0.887. The Morgan fingerprint density at radius 1 is 1.55 bits per heavy atom. The molecular weight excluding hydrogens is 276 g/mol. The fourth-order valence-corrected chi connectivity index (χ4v) is 3.21. The first kappa shape index (κ1) is 12.9. The maximum Gasteiger partial charge on any atom is 0.263 e. The van der Waals surface area contributed by atoms with Crippen LogP contribution in [0.25, 0.3) is 10.2 Å². The number of nitrogens with zero attached hydrogens (tertiary/aromatic N) is 1. The summed E-state index contributed by atoms with van der Waals surface area (Å²) in [6.45, 7) is 0.466. The molecule has 1 saturated heterocycles. The first-order valence-corrected chi connectivity index (χ1v) is 7.17. The predicted molar refractivity (Wildman–Crippen MR) is 77.5 cm³/mol. The molecule has 6 nitrogen and oxygen atoms in total. The van der Waals surface area contributed by atoms with Crippen LogP contribution in [0.1, 0.15) is 22.5 Å². The van der Waals surface area contributed by atoms with E-state index in [9.17, 15) is 9.59 Å². The minimum Gasteiger partial charge on any atom is -0.396 e. The van der Waals surface area contributed by atoms with E-state index in [1.807, 2.05) is 12.1 Å². The van der Waals surface area contributed by atoms with Gasteiger partial charge in [0, 0.05) is 25.2 Å². The zero-order chi connectivity index (χ0) is 14.1. The minimum absolute atomic E-state index is 0.0288. The monoisotopic (exact) mass is 290 g/mol. The molecule has 0 aliphatic carbocycles. The Bertz CT molecular complexity index is 672. The van der Waals surface area contributed by atoms with Crippen molar-refractivity contribution in [3.05, 3.63) is 23.2 Å². The fourth-order valence-electron chi connectivity index (χ4n) is 2.22. The van der Waals surface area contributed by atoms with Crippen molar-refractivity contribution in [3.63, 3.8) is 0 Å². The number of aromatic nitrogens is 1. The molecule has 0 aromatic carbocycles. The number of hydrogen-bond acceptors (Lipinski definition) is 5. The number of rotatable bonds is 2. The van der Waals surface area contributed by atoms with E-state index in [0.717, 1.165) is 4.70 Å². The third-order valence-corrected chi connectivity index (χ3v) is 4.45. The van der Waals surface area contributed by atoms with Gasteiger partial charge in [-0.1, -0.05) is 0 Å². The van der Waals surface area contributed by atoms with Crippen LogP contribution in [0, 0.1) is 0 Å². The number of carbonyl (C=O) groups excluding carboxylic acids is 2. The van der Waals surface area contributed by atoms with Crippen LogP contribution in [0.4, 0.5) is 5.69 Å². The molecular formula is C13H14N4O2S. The standard InChI is InChI=1S/C13H14N4O2S/c14-10-11-8(2-1-5-15-11)20-12(10)13(19)17-7-3-4-9(18)16-6-7/h1-2,5,7H,3-4,6,14H2,(H,16,18)(H,17,19). The SMILES string of the molecule is Nc1c(C(=O)NC2CCC(=O)NC2)sc2cccnc12. The van der Waals surface area contributed by atoms with Crippen molar-refractivity contribution in [1.29, 1.82) is 0 Å². The maximum absolute atomic E-state index is 12.3. The highest BCUT2D eigenvalue weighted by Gasteiger charge is 2.23. The van der Waals surface area contributed by atoms with E-state index in [4.69, 9.17) is 5.73 Å². The smallest absolute Gasteiger partial charge is 0.263 e. The minimum atomic E-state index is -0.202. The van der Waals surface area contributed by atoms with Gasteiger partial charge in [0.15, 0.2) is 0 Å². The van der Waals surface area contributed by atoms with Gasteiger partial charge in [-0.25, -0.2) is 0 Å². The summed E-state index contributed by atoms with van der Waals surface area (Å²) in [5.74, 6) is -0.173. The second kappa shape index (κ2) is 5.09. The van der Waals surface area contributed by atoms with Gasteiger partial charge in [0.05, 0.1) is 10.4 Å². The van der Waals surface area contributed by atoms with E-state index < -0.39 is 0 Å². The number of hydrogen-bond donors (Lipinski definition) is 3. The molecule has 0 saturated carbocycles. The van der Waals surface area contributed by atoms with Crippen molar-refractivity contribution < 1.29 is 9.59 Å². The Kier molecular flexibility index (Phi) is 3.27. The largest absolute Gasteiger partial charge is 0.396 e. The van der Waals surface area contributed by atoms with Crippen LogP contribution in [-0.4, -0.2) is 29.4 Å². The highest BCUT2D eigenvalue weighted by Crippen LogP contribution is 2.31. The molecule has 3 heterocycles. The summed E-state index contributed by atoms with van der Waals surface area (Å²) in [5.41, 5.74) is 7.07. The van der Waals surface area contributed by atoms with Gasteiger partial charge in [0.1, 0.15) is 10.4 Å². The topological polar surface area (TPSA) is 97.1 Å². The molecule has 1 fully saturated rings. The number of anilines is 1. The number of fused-ring (bicyclic) bond motifs is 1. The van der Waals surface area contributed by atoms with Gasteiger partial charge in [-0.3, -0.25) is 14.6 Å². The van der Waals surface area contributed by atoms with Gasteiger partial charge in [0.25, 0.3) is 5.91 Å². The van der Waals surface area contributed by atoms with Crippen molar-refractivity contribution in [3.8, 4) is 0 Å². The average Bonchev–Trinajstić information content (AvgIpc) is 2.79. The lowest BCUT2D eigenvalue weighted by atomic mass is 10.1. The van der Waals surface area contributed by atoms with Gasteiger partial charge < -0.3 is 16.4 Å². The molecule has 2 aromatic rings. The van der Waals surface area contributed by atoms with Crippen molar-refractivity contribution >= 4 is 39.1 Å². The average molecular weight is 290 g/mol. The third kappa shape index (κ3) is 2.32. The van der Waals surface area contributed by atoms with E-state index in [-0.39, 0.29) is 17.9 Å². The lowest BCUT2D eigenvalue weighted by Crippen LogP contribution is -2.47. The quantitative estimate of drug-likeness (QED) is 0.765. The van der Waals surface area contributed by atoms with Gasteiger partial charge in [-0.15, -0.1) is 11.3 Å². The number of nitrogens with two attached hydrogens (primary N) is 1. The molecule has 4 N–H and O–H groups in total. The lowest BCUT2D eigenvalue weighted by molar-refractivity contribution is -0.122. The van der Waals surface area contributed by atoms with E-state index in [1.54, 1.807) is 6.20 Å². The number of carbonyl (C=O) groups is 2. The number of piperidine rings is 1. The number of thiophene rings is 1. The highest BCUT2D eigenvalue weighted by atomic mass is 32.1. The Balaban J connectivity index is 1.79. The van der Waals surface area contributed by atoms with Gasteiger partial charge in [0.2, 0.25) is 5.91 Å². The van der Waals surface area contributed by atoms with Crippen LogP contribution in [0.2, 0.25) is 0 Å². The van der Waals surface area contributed by atoms with Crippen LogP contribution in [0.3, 0.4) is 0 Å². The van der Waals surface area contributed by atoms with Crippen LogP contribution in [-0.2, 0) is 4.79 Å². The van der Waals surface area contributed by atoms with Gasteiger partial charge in [-0.05, 0) is 18.6 Å². The summed E-state index contributed by atoms with van der Waals surface area (Å²) >= 11 is 1.33. The van der Waals surface area contributed by atoms with Crippen molar-refractivity contribution in [2.24, 2.45) is 0 Å². The van der Waals surface area contributed by atoms with Crippen LogP contribution >= 0.6 is 11.3 Å². The van der Waals surface area contributed by atoms with E-state index in [1.165, 1.54) is 11.3 Å². The number of pyridine rings is 1. The van der Waals surface area contributed by atoms with Gasteiger partial charge >= 0.3 is 0 Å². The molecule has 1 aliphatic heterocycles. The fraction of sp³-hybridized carbons (Fsp3) is 0.308. The van der Waals surface area contributed by atoms with E-state index in [0.29, 0.717) is 35.5 Å². The zero-order valence-electron chi connectivity index (χ0n) is 10.7. The molecule has 0 spiro atoms. The normalized spacial score (nSPS) is 18.8. The van der Waals surface area contributed by atoms with Crippen molar-refractivity contribution in [2.75, 3.05) is 12.3 Å². The number of nitrogens with one attached hydrogen (secondary N) is 2. The molecule has 1 aliphatic rings. The summed E-state index contributed by atoms with van der Waals surface area (Å²) in [5, 5.41) is 5.64. The van der Waals surface area contributed by atoms with Crippen LogP contribution < -0.4 is 16.4 Å². The maximum atomic E-state index is 12.3. The van der Waals surface area contributed by atoms with Crippen LogP contribution in [0.5, 0.6) is 0 Å². The van der Waals surface area contributed by atoms with Crippen molar-refractivity contribution in [1.82, 2.24) is 15.6 Å². The second-order valence-corrected chi connectivity index (χ2v) is 5.76. The molecule has 0 bridgehead atoms. The van der Waals surface area contributed by atoms with E-state index >= 15 is 0 Å². The molecule has 3 rings (SSSR count). The molecule has 0 radical (unpaired) electrons. The summed E-state index contributed by atoms with van der Waals surface area (Å²) in [6, 6.07) is 3.66. The lowest BCUT2D eigenvalue weighted by Gasteiger charge is -2.23. The highest BCUT2D eigenvalue weighted by molar-refractivity contribution is 7.21. The molecule has 2 aromatic heterocycles. The summed E-state index contributed by atoms with van der Waals surface area (Å²) < 4.78 is 0.895. The summed E-state index contributed by atoms with van der Waals surface area (Å²) in [4.78, 5) is 28.0. The molecule has 104 valence electrons. The molecule has 2 amide bonds. The Hall–Kier alpha value is -2.15. The first-order valence-electron chi connectivity index (χ1n) is 6.35. The number of amides is 2. The summed E-state index contributed by atoms with van der Waals surface area (Å²) in [6.07, 6.45) is 2.75.